The van der Waals surface area contributed by atoms with E-state index >= 15 is 0 Å². The van der Waals surface area contributed by atoms with Gasteiger partial charge in [0.25, 0.3) is 0 Å². The largest absolute Gasteiger partial charge is 0.380 e. The van der Waals surface area contributed by atoms with Crippen LogP contribution >= 0.6 is 0 Å². The van der Waals surface area contributed by atoms with E-state index in [4.69, 9.17) is 9.47 Å². The Morgan fingerprint density at radius 2 is 2.40 bits per heavy atom. The molecule has 0 radical (unpaired) electrons. The van der Waals surface area contributed by atoms with Gasteiger partial charge < -0.3 is 14.8 Å². The summed E-state index contributed by atoms with van der Waals surface area (Å²) in [7, 11) is 3.99. The summed E-state index contributed by atoms with van der Waals surface area (Å²) in [6, 6.07) is 1.20. The zero-order valence-corrected chi connectivity index (χ0v) is 9.74. The lowest BCUT2D eigenvalue weighted by atomic mass is 10.1. The number of nitrogens with zero attached hydrogens (tertiary/aromatic N) is 1. The van der Waals surface area contributed by atoms with E-state index < -0.39 is 0 Å². The van der Waals surface area contributed by atoms with Crippen LogP contribution in [0.3, 0.4) is 0 Å². The van der Waals surface area contributed by atoms with Crippen LogP contribution in [0.1, 0.15) is 12.8 Å². The smallest absolute Gasteiger partial charge is 0.0711 e. The molecule has 0 spiro atoms. The molecule has 2 saturated heterocycles. The number of hydrogen-bond acceptors (Lipinski definition) is 4. The number of ether oxygens (including phenoxy) is 2. The van der Waals surface area contributed by atoms with E-state index in [1.165, 1.54) is 6.42 Å². The van der Waals surface area contributed by atoms with Crippen LogP contribution in [0, 0.1) is 0 Å². The molecule has 4 nitrogen and oxygen atoms in total. The molecule has 0 aliphatic carbocycles. The Balaban J connectivity index is 1.72. The molecule has 0 bridgehead atoms. The van der Waals surface area contributed by atoms with Crippen LogP contribution in [0.4, 0.5) is 0 Å². The maximum absolute atomic E-state index is 5.40. The summed E-state index contributed by atoms with van der Waals surface area (Å²) in [6.07, 6.45) is 2.72. The summed E-state index contributed by atoms with van der Waals surface area (Å²) < 4.78 is 10.7. The number of nitrogens with one attached hydrogen (secondary N) is 1. The molecule has 88 valence electrons. The molecule has 15 heavy (non-hydrogen) atoms. The number of hydrogen-bond donors (Lipinski definition) is 1. The van der Waals surface area contributed by atoms with Crippen LogP contribution in [0.2, 0.25) is 0 Å². The second-order valence-electron chi connectivity index (χ2n) is 4.66. The average molecular weight is 214 g/mol. The van der Waals surface area contributed by atoms with E-state index in [0.29, 0.717) is 18.2 Å². The van der Waals surface area contributed by atoms with Gasteiger partial charge in [-0.3, -0.25) is 4.90 Å². The summed E-state index contributed by atoms with van der Waals surface area (Å²) in [5.74, 6) is 0. The maximum atomic E-state index is 5.40. The summed E-state index contributed by atoms with van der Waals surface area (Å²) in [4.78, 5) is 2.42. The molecule has 0 amide bonds. The number of likely N-dealkylation sites (N-methyl/N-ethyl adjacent to an activating group) is 1. The first-order valence-electron chi connectivity index (χ1n) is 5.83. The molecule has 2 heterocycles. The average Bonchev–Trinajstić information content (AvgIpc) is 2.87. The van der Waals surface area contributed by atoms with Gasteiger partial charge in [0.1, 0.15) is 0 Å². The van der Waals surface area contributed by atoms with Gasteiger partial charge >= 0.3 is 0 Å². The molecular formula is C11H22N2O2. The summed E-state index contributed by atoms with van der Waals surface area (Å²) in [5.41, 5.74) is 0. The van der Waals surface area contributed by atoms with Crippen molar-refractivity contribution in [3.8, 4) is 0 Å². The lowest BCUT2D eigenvalue weighted by molar-refractivity contribution is 0.114. The van der Waals surface area contributed by atoms with Gasteiger partial charge in [0.2, 0.25) is 0 Å². The van der Waals surface area contributed by atoms with Crippen molar-refractivity contribution < 1.29 is 9.47 Å². The molecule has 4 heteroatoms. The molecule has 3 atom stereocenters. The molecule has 1 N–H and O–H groups in total. The van der Waals surface area contributed by atoms with Crippen molar-refractivity contribution in [2.75, 3.05) is 40.5 Å². The fourth-order valence-corrected chi connectivity index (χ4v) is 2.47. The minimum Gasteiger partial charge on any atom is -0.380 e. The number of rotatable bonds is 4. The minimum atomic E-state index is 0.406. The monoisotopic (exact) mass is 214 g/mol. The quantitative estimate of drug-likeness (QED) is 0.719. The summed E-state index contributed by atoms with van der Waals surface area (Å²) in [5, 5.41) is 3.50. The Morgan fingerprint density at radius 3 is 3.00 bits per heavy atom. The van der Waals surface area contributed by atoms with E-state index in [9.17, 15) is 0 Å². The third-order valence-corrected chi connectivity index (χ3v) is 3.55. The van der Waals surface area contributed by atoms with E-state index in [1.54, 1.807) is 7.11 Å². The highest BCUT2D eigenvalue weighted by Crippen LogP contribution is 2.15. The van der Waals surface area contributed by atoms with Crippen LogP contribution in [-0.2, 0) is 9.47 Å². The van der Waals surface area contributed by atoms with Crippen molar-refractivity contribution in [1.82, 2.24) is 10.2 Å². The van der Waals surface area contributed by atoms with Gasteiger partial charge in [-0.15, -0.1) is 0 Å². The normalized spacial score (nSPS) is 36.6. The zero-order valence-electron chi connectivity index (χ0n) is 9.74. The fourth-order valence-electron chi connectivity index (χ4n) is 2.47. The summed E-state index contributed by atoms with van der Waals surface area (Å²) in [6.45, 7) is 3.93. The molecule has 2 aliphatic heterocycles. The third-order valence-electron chi connectivity index (χ3n) is 3.55. The molecular weight excluding hydrogens is 192 g/mol. The highest BCUT2D eigenvalue weighted by Gasteiger charge is 2.27. The SMILES string of the molecule is COC1CNC(CN(C)C2CCOC2)C1. The maximum Gasteiger partial charge on any atom is 0.0711 e. The first-order valence-corrected chi connectivity index (χ1v) is 5.83. The Labute approximate surface area is 91.9 Å². The topological polar surface area (TPSA) is 33.7 Å². The molecule has 0 aromatic carbocycles. The molecule has 0 aromatic rings. The van der Waals surface area contributed by atoms with Gasteiger partial charge in [-0.05, 0) is 19.9 Å². The van der Waals surface area contributed by atoms with Crippen LogP contribution in [0.5, 0.6) is 0 Å². The van der Waals surface area contributed by atoms with Gasteiger partial charge in [0.15, 0.2) is 0 Å². The molecule has 2 fully saturated rings. The van der Waals surface area contributed by atoms with Crippen molar-refractivity contribution in [2.24, 2.45) is 0 Å². The van der Waals surface area contributed by atoms with Crippen molar-refractivity contribution >= 4 is 0 Å². The standard InChI is InChI=1S/C11H22N2O2/c1-13(10-3-4-15-8-10)7-9-5-11(14-2)6-12-9/h9-12H,3-8H2,1-2H3. The molecule has 3 unspecified atom stereocenters. The van der Waals surface area contributed by atoms with Gasteiger partial charge in [-0.1, -0.05) is 0 Å². The third kappa shape index (κ3) is 2.91. The van der Waals surface area contributed by atoms with Crippen molar-refractivity contribution in [1.29, 1.82) is 0 Å². The van der Waals surface area contributed by atoms with Crippen molar-refractivity contribution in [2.45, 2.75) is 31.0 Å². The predicted molar refractivity (Wildman–Crippen MR) is 59.1 cm³/mol. The fraction of sp³-hybridized carbons (Fsp3) is 1.00. The minimum absolute atomic E-state index is 0.406. The van der Waals surface area contributed by atoms with E-state index in [1.807, 2.05) is 0 Å². The first-order chi connectivity index (χ1) is 7.29. The van der Waals surface area contributed by atoms with E-state index in [0.717, 1.165) is 32.7 Å². The Kier molecular flexibility index (Phi) is 3.97. The van der Waals surface area contributed by atoms with Gasteiger partial charge in [0, 0.05) is 38.9 Å². The Hall–Kier alpha value is -0.160. The van der Waals surface area contributed by atoms with Crippen LogP contribution in [0.15, 0.2) is 0 Å². The van der Waals surface area contributed by atoms with Crippen LogP contribution < -0.4 is 5.32 Å². The predicted octanol–water partition coefficient (Wildman–Crippen LogP) is 0.0840. The van der Waals surface area contributed by atoms with Crippen molar-refractivity contribution in [3.05, 3.63) is 0 Å². The Morgan fingerprint density at radius 1 is 1.53 bits per heavy atom. The van der Waals surface area contributed by atoms with Crippen molar-refractivity contribution in [3.63, 3.8) is 0 Å². The first kappa shape index (κ1) is 11.3. The lowest BCUT2D eigenvalue weighted by Gasteiger charge is -2.25. The van der Waals surface area contributed by atoms with Gasteiger partial charge in [-0.25, -0.2) is 0 Å². The van der Waals surface area contributed by atoms with Crippen LogP contribution in [-0.4, -0.2) is 63.5 Å². The Bertz CT molecular complexity index is 195. The second kappa shape index (κ2) is 5.25. The van der Waals surface area contributed by atoms with E-state index in [-0.39, 0.29) is 0 Å². The zero-order chi connectivity index (χ0) is 10.7. The number of methoxy groups -OCH3 is 1. The van der Waals surface area contributed by atoms with Crippen LogP contribution in [0.25, 0.3) is 0 Å². The highest BCUT2D eigenvalue weighted by molar-refractivity contribution is 4.86. The molecule has 0 aromatic heterocycles. The van der Waals surface area contributed by atoms with E-state index in [2.05, 4.69) is 17.3 Å². The molecule has 0 saturated carbocycles. The van der Waals surface area contributed by atoms with Gasteiger partial charge in [-0.2, -0.15) is 0 Å². The second-order valence-corrected chi connectivity index (χ2v) is 4.66. The molecule has 2 rings (SSSR count). The van der Waals surface area contributed by atoms with Gasteiger partial charge in [0.05, 0.1) is 12.7 Å². The molecule has 2 aliphatic rings. The lowest BCUT2D eigenvalue weighted by Crippen LogP contribution is -2.41. The highest BCUT2D eigenvalue weighted by atomic mass is 16.5. The summed E-state index contributed by atoms with van der Waals surface area (Å²) >= 11 is 0.